The van der Waals surface area contributed by atoms with Crippen molar-refractivity contribution < 1.29 is 19.4 Å². The highest BCUT2D eigenvalue weighted by Crippen LogP contribution is 2.14. The summed E-state index contributed by atoms with van der Waals surface area (Å²) < 4.78 is 10.9. The third-order valence-electron chi connectivity index (χ3n) is 3.32. The third kappa shape index (κ3) is 3.94. The molecule has 0 bridgehead atoms. The molecule has 2 rings (SSSR count). The predicted octanol–water partition coefficient (Wildman–Crippen LogP) is 1.48. The molecule has 0 radical (unpaired) electrons. The zero-order valence-corrected chi connectivity index (χ0v) is 11.0. The van der Waals surface area contributed by atoms with Gasteiger partial charge in [-0.2, -0.15) is 0 Å². The molecule has 5 nitrogen and oxygen atoms in total. The van der Waals surface area contributed by atoms with E-state index in [1.54, 1.807) is 31.4 Å². The van der Waals surface area contributed by atoms with Crippen LogP contribution in [0.3, 0.4) is 0 Å². The van der Waals surface area contributed by atoms with Crippen molar-refractivity contribution in [3.05, 3.63) is 29.8 Å². The Morgan fingerprint density at radius 1 is 1.53 bits per heavy atom. The molecule has 1 aliphatic rings. The Kier molecular flexibility index (Phi) is 4.76. The number of carbonyl (C=O) groups is 1. The van der Waals surface area contributed by atoms with Crippen molar-refractivity contribution in [2.75, 3.05) is 33.4 Å². The van der Waals surface area contributed by atoms with E-state index in [2.05, 4.69) is 4.90 Å². The summed E-state index contributed by atoms with van der Waals surface area (Å²) in [6, 6.07) is 6.56. The maximum Gasteiger partial charge on any atom is 0.335 e. The van der Waals surface area contributed by atoms with Gasteiger partial charge < -0.3 is 14.6 Å². The van der Waals surface area contributed by atoms with Gasteiger partial charge in [-0.05, 0) is 24.6 Å². The Bertz CT molecular complexity index is 435. The standard InChI is InChI=1S/C14H19NO4/c1-18-13-5-6-15(10-13)7-8-19-12-4-2-3-11(9-12)14(16)17/h2-4,9,13H,5-8,10H2,1H3,(H,16,17). The normalized spacial score (nSPS) is 19.5. The molecule has 0 saturated carbocycles. The van der Waals surface area contributed by atoms with Gasteiger partial charge in [-0.1, -0.05) is 6.07 Å². The van der Waals surface area contributed by atoms with E-state index in [1.165, 1.54) is 0 Å². The van der Waals surface area contributed by atoms with E-state index in [0.717, 1.165) is 26.1 Å². The summed E-state index contributed by atoms with van der Waals surface area (Å²) in [5.74, 6) is -0.338. The van der Waals surface area contributed by atoms with Crippen LogP contribution in [0.15, 0.2) is 24.3 Å². The molecule has 19 heavy (non-hydrogen) atoms. The maximum atomic E-state index is 10.8. The Morgan fingerprint density at radius 2 is 2.37 bits per heavy atom. The SMILES string of the molecule is COC1CCN(CCOc2cccc(C(=O)O)c2)C1. The molecule has 5 heteroatoms. The summed E-state index contributed by atoms with van der Waals surface area (Å²) in [6.45, 7) is 3.35. The van der Waals surface area contributed by atoms with Gasteiger partial charge in [0.05, 0.1) is 11.7 Å². The van der Waals surface area contributed by atoms with Crippen LogP contribution in [0.25, 0.3) is 0 Å². The summed E-state index contributed by atoms with van der Waals surface area (Å²) >= 11 is 0. The maximum absolute atomic E-state index is 10.8. The smallest absolute Gasteiger partial charge is 0.335 e. The van der Waals surface area contributed by atoms with Crippen LogP contribution in [0.1, 0.15) is 16.8 Å². The second-order valence-electron chi connectivity index (χ2n) is 4.63. The molecule has 0 amide bonds. The minimum atomic E-state index is -0.937. The molecule has 1 aromatic rings. The second-order valence-corrected chi connectivity index (χ2v) is 4.63. The number of hydrogen-bond donors (Lipinski definition) is 1. The molecule has 1 aromatic carbocycles. The molecule has 0 spiro atoms. The lowest BCUT2D eigenvalue weighted by Gasteiger charge is -2.16. The molecular formula is C14H19NO4. The Balaban J connectivity index is 1.77. The molecule has 104 valence electrons. The fourth-order valence-electron chi connectivity index (χ4n) is 2.20. The van der Waals surface area contributed by atoms with E-state index in [0.29, 0.717) is 18.5 Å². The summed E-state index contributed by atoms with van der Waals surface area (Å²) in [5, 5.41) is 8.89. The number of carboxylic acid groups (broad SMARTS) is 1. The molecule has 1 fully saturated rings. The van der Waals surface area contributed by atoms with Gasteiger partial charge in [0.1, 0.15) is 12.4 Å². The number of rotatable bonds is 6. The summed E-state index contributed by atoms with van der Waals surface area (Å²) in [4.78, 5) is 13.1. The van der Waals surface area contributed by atoms with Crippen LogP contribution in [0.4, 0.5) is 0 Å². The van der Waals surface area contributed by atoms with E-state index in [1.807, 2.05) is 0 Å². The topological polar surface area (TPSA) is 59.0 Å². The highest BCUT2D eigenvalue weighted by Gasteiger charge is 2.21. The summed E-state index contributed by atoms with van der Waals surface area (Å²) in [6.07, 6.45) is 1.39. The van der Waals surface area contributed by atoms with Gasteiger partial charge in [0.25, 0.3) is 0 Å². The first-order valence-corrected chi connectivity index (χ1v) is 6.40. The molecule has 1 atom stereocenters. The number of hydrogen-bond acceptors (Lipinski definition) is 4. The molecule has 1 unspecified atom stereocenters. The minimum absolute atomic E-state index is 0.248. The molecule has 1 heterocycles. The minimum Gasteiger partial charge on any atom is -0.492 e. The van der Waals surface area contributed by atoms with Crippen LogP contribution in [0.2, 0.25) is 0 Å². The molecule has 1 aliphatic heterocycles. The van der Waals surface area contributed by atoms with Crippen LogP contribution < -0.4 is 4.74 Å². The van der Waals surface area contributed by atoms with Gasteiger partial charge in [0.2, 0.25) is 0 Å². The lowest BCUT2D eigenvalue weighted by molar-refractivity contribution is 0.0696. The Morgan fingerprint density at radius 3 is 3.05 bits per heavy atom. The zero-order chi connectivity index (χ0) is 13.7. The molecule has 1 N–H and O–H groups in total. The van der Waals surface area contributed by atoms with Gasteiger partial charge in [0, 0.05) is 26.7 Å². The van der Waals surface area contributed by atoms with Gasteiger partial charge in [0.15, 0.2) is 0 Å². The van der Waals surface area contributed by atoms with Crippen molar-refractivity contribution in [3.8, 4) is 5.75 Å². The van der Waals surface area contributed by atoms with Gasteiger partial charge in [-0.3, -0.25) is 4.90 Å². The van der Waals surface area contributed by atoms with Crippen LogP contribution in [-0.4, -0.2) is 55.4 Å². The number of carboxylic acids is 1. The predicted molar refractivity (Wildman–Crippen MR) is 70.8 cm³/mol. The lowest BCUT2D eigenvalue weighted by Crippen LogP contribution is -2.27. The van der Waals surface area contributed by atoms with E-state index in [-0.39, 0.29) is 5.56 Å². The quantitative estimate of drug-likeness (QED) is 0.844. The Hall–Kier alpha value is -1.59. The number of nitrogens with zero attached hydrogens (tertiary/aromatic N) is 1. The fourth-order valence-corrected chi connectivity index (χ4v) is 2.20. The van der Waals surface area contributed by atoms with Gasteiger partial charge in [-0.25, -0.2) is 4.79 Å². The van der Waals surface area contributed by atoms with Gasteiger partial charge in [-0.15, -0.1) is 0 Å². The van der Waals surface area contributed by atoms with Crippen molar-refractivity contribution in [2.24, 2.45) is 0 Å². The van der Waals surface area contributed by atoms with Crippen molar-refractivity contribution in [2.45, 2.75) is 12.5 Å². The average Bonchev–Trinajstić information content (AvgIpc) is 2.87. The molecular weight excluding hydrogens is 246 g/mol. The first-order chi connectivity index (χ1) is 9.19. The third-order valence-corrected chi connectivity index (χ3v) is 3.32. The van der Waals surface area contributed by atoms with Crippen LogP contribution in [0, 0.1) is 0 Å². The number of methoxy groups -OCH3 is 1. The van der Waals surface area contributed by atoms with E-state index in [4.69, 9.17) is 14.6 Å². The van der Waals surface area contributed by atoms with Crippen molar-refractivity contribution >= 4 is 5.97 Å². The average molecular weight is 265 g/mol. The number of aromatic carboxylic acids is 1. The van der Waals surface area contributed by atoms with Crippen LogP contribution in [-0.2, 0) is 4.74 Å². The first kappa shape index (κ1) is 13.8. The first-order valence-electron chi connectivity index (χ1n) is 6.40. The number of ether oxygens (including phenoxy) is 2. The second kappa shape index (κ2) is 6.54. The Labute approximate surface area is 112 Å². The highest BCUT2D eigenvalue weighted by molar-refractivity contribution is 5.87. The van der Waals surface area contributed by atoms with E-state index >= 15 is 0 Å². The van der Waals surface area contributed by atoms with Gasteiger partial charge >= 0.3 is 5.97 Å². The van der Waals surface area contributed by atoms with Crippen molar-refractivity contribution in [1.82, 2.24) is 4.90 Å². The number of benzene rings is 1. The van der Waals surface area contributed by atoms with Crippen LogP contribution >= 0.6 is 0 Å². The summed E-state index contributed by atoms with van der Waals surface area (Å²) in [5.41, 5.74) is 0.248. The van der Waals surface area contributed by atoms with Crippen molar-refractivity contribution in [1.29, 1.82) is 0 Å². The lowest BCUT2D eigenvalue weighted by atomic mass is 10.2. The highest BCUT2D eigenvalue weighted by atomic mass is 16.5. The molecule has 1 saturated heterocycles. The molecule has 0 aliphatic carbocycles. The zero-order valence-electron chi connectivity index (χ0n) is 11.0. The van der Waals surface area contributed by atoms with Crippen molar-refractivity contribution in [3.63, 3.8) is 0 Å². The van der Waals surface area contributed by atoms with Crippen LogP contribution in [0.5, 0.6) is 5.75 Å². The largest absolute Gasteiger partial charge is 0.492 e. The molecule has 0 aromatic heterocycles. The van der Waals surface area contributed by atoms with E-state index in [9.17, 15) is 4.79 Å². The van der Waals surface area contributed by atoms with E-state index < -0.39 is 5.97 Å². The monoisotopic (exact) mass is 265 g/mol. The number of likely N-dealkylation sites (tertiary alicyclic amines) is 1. The summed E-state index contributed by atoms with van der Waals surface area (Å²) in [7, 11) is 1.74. The fraction of sp³-hybridized carbons (Fsp3) is 0.500.